The normalized spacial score (nSPS) is 17.2. The maximum absolute atomic E-state index is 11.2. The Balaban J connectivity index is 1.99. The molecule has 17 heavy (non-hydrogen) atoms. The number of carbonyl (C=O) groups is 1. The van der Waals surface area contributed by atoms with Crippen molar-refractivity contribution in [2.75, 3.05) is 7.11 Å². The van der Waals surface area contributed by atoms with Gasteiger partial charge in [0.1, 0.15) is 11.5 Å². The van der Waals surface area contributed by atoms with Crippen LogP contribution in [0.2, 0.25) is 0 Å². The molecular weight excluding hydrogens is 212 g/mol. The molecule has 2 heteroatoms. The molecule has 0 saturated heterocycles. The lowest BCUT2D eigenvalue weighted by molar-refractivity contribution is -0.121. The van der Waals surface area contributed by atoms with Gasteiger partial charge in [0.2, 0.25) is 0 Å². The average molecular weight is 232 g/mol. The number of hydrogen-bond donors (Lipinski definition) is 0. The zero-order valence-electron chi connectivity index (χ0n) is 10.7. The van der Waals surface area contributed by atoms with Crippen molar-refractivity contribution in [1.29, 1.82) is 0 Å². The highest BCUT2D eigenvalue weighted by atomic mass is 16.5. The van der Waals surface area contributed by atoms with Gasteiger partial charge < -0.3 is 4.74 Å². The van der Waals surface area contributed by atoms with Gasteiger partial charge >= 0.3 is 0 Å². The Bertz CT molecular complexity index is 399. The number of aryl methyl sites for hydroxylation is 1. The van der Waals surface area contributed by atoms with Gasteiger partial charge in [-0.05, 0) is 49.3 Å². The monoisotopic (exact) mass is 232 g/mol. The van der Waals surface area contributed by atoms with Crippen molar-refractivity contribution in [3.05, 3.63) is 29.3 Å². The summed E-state index contributed by atoms with van der Waals surface area (Å²) in [4.78, 5) is 11.2. The van der Waals surface area contributed by atoms with E-state index in [1.807, 2.05) is 6.07 Å². The number of ketones is 1. The van der Waals surface area contributed by atoms with Gasteiger partial charge in [0.25, 0.3) is 0 Å². The van der Waals surface area contributed by atoms with E-state index in [-0.39, 0.29) is 0 Å². The van der Waals surface area contributed by atoms with Crippen LogP contribution in [0.15, 0.2) is 18.2 Å². The molecule has 1 aliphatic carbocycles. The maximum atomic E-state index is 11.2. The summed E-state index contributed by atoms with van der Waals surface area (Å²) in [6.07, 6.45) is 4.77. The molecule has 0 aliphatic heterocycles. The van der Waals surface area contributed by atoms with Gasteiger partial charge in [-0.1, -0.05) is 12.1 Å². The molecule has 2 rings (SSSR count). The molecule has 0 N–H and O–H groups in total. The van der Waals surface area contributed by atoms with Crippen LogP contribution in [0.3, 0.4) is 0 Å². The number of benzene rings is 1. The first-order chi connectivity index (χ1) is 8.19. The number of hydrogen-bond acceptors (Lipinski definition) is 2. The fourth-order valence-electron chi connectivity index (χ4n) is 2.60. The largest absolute Gasteiger partial charge is 0.496 e. The van der Waals surface area contributed by atoms with E-state index < -0.39 is 0 Å². The van der Waals surface area contributed by atoms with Crippen LogP contribution in [-0.4, -0.2) is 12.9 Å². The molecule has 1 saturated carbocycles. The number of methoxy groups -OCH3 is 1. The number of carbonyl (C=O) groups excluding carboxylic acids is 1. The Kier molecular flexibility index (Phi) is 3.82. The van der Waals surface area contributed by atoms with Gasteiger partial charge in [-0.15, -0.1) is 0 Å². The Morgan fingerprint density at radius 2 is 2.00 bits per heavy atom. The predicted octanol–water partition coefficient (Wildman–Crippen LogP) is 3.31. The third kappa shape index (κ3) is 3.09. The number of rotatable bonds is 3. The highest BCUT2D eigenvalue weighted by Gasteiger charge is 2.18. The van der Waals surface area contributed by atoms with Crippen molar-refractivity contribution >= 4 is 5.78 Å². The maximum Gasteiger partial charge on any atom is 0.132 e. The van der Waals surface area contributed by atoms with Crippen LogP contribution in [0, 0.1) is 12.8 Å². The van der Waals surface area contributed by atoms with Crippen molar-refractivity contribution in [3.63, 3.8) is 0 Å². The van der Waals surface area contributed by atoms with Gasteiger partial charge in [0.05, 0.1) is 7.11 Å². The third-order valence-electron chi connectivity index (χ3n) is 3.65. The lowest BCUT2D eigenvalue weighted by Crippen LogP contribution is -2.15. The molecule has 1 fully saturated rings. The summed E-state index contributed by atoms with van der Waals surface area (Å²) in [5, 5.41) is 0. The second-order valence-electron chi connectivity index (χ2n) is 4.99. The first kappa shape index (κ1) is 12.2. The molecule has 1 aliphatic rings. The Morgan fingerprint density at radius 3 is 2.59 bits per heavy atom. The van der Waals surface area contributed by atoms with E-state index in [1.165, 1.54) is 11.1 Å². The van der Waals surface area contributed by atoms with Crippen molar-refractivity contribution in [2.45, 2.75) is 39.0 Å². The van der Waals surface area contributed by atoms with Crippen LogP contribution < -0.4 is 4.74 Å². The Hall–Kier alpha value is -1.31. The fourth-order valence-corrected chi connectivity index (χ4v) is 2.60. The molecule has 2 nitrogen and oxygen atoms in total. The van der Waals surface area contributed by atoms with Gasteiger partial charge in [-0.2, -0.15) is 0 Å². The minimum atomic E-state index is 0.437. The van der Waals surface area contributed by atoms with Crippen LogP contribution in [0.1, 0.15) is 36.8 Å². The van der Waals surface area contributed by atoms with Crippen molar-refractivity contribution in [1.82, 2.24) is 0 Å². The van der Waals surface area contributed by atoms with Crippen LogP contribution >= 0.6 is 0 Å². The summed E-state index contributed by atoms with van der Waals surface area (Å²) in [5.74, 6) is 2.07. The summed E-state index contributed by atoms with van der Waals surface area (Å²) in [5.41, 5.74) is 2.56. The molecule has 0 atom stereocenters. The summed E-state index contributed by atoms with van der Waals surface area (Å²) in [6, 6.07) is 6.39. The van der Waals surface area contributed by atoms with Crippen LogP contribution in [0.5, 0.6) is 5.75 Å². The van der Waals surface area contributed by atoms with E-state index in [0.717, 1.165) is 37.9 Å². The highest BCUT2D eigenvalue weighted by Crippen LogP contribution is 2.27. The zero-order chi connectivity index (χ0) is 12.3. The van der Waals surface area contributed by atoms with E-state index in [9.17, 15) is 4.79 Å². The molecule has 1 aromatic rings. The standard InChI is InChI=1S/C15H20O2/c1-11-9-13(5-8-15(11)17-2)10-12-3-6-14(16)7-4-12/h5,8-9,12H,3-4,6-7,10H2,1-2H3. The second-order valence-corrected chi connectivity index (χ2v) is 4.99. The molecule has 0 spiro atoms. The Labute approximate surface area is 103 Å². The summed E-state index contributed by atoms with van der Waals surface area (Å²) >= 11 is 0. The van der Waals surface area contributed by atoms with E-state index in [1.54, 1.807) is 7.11 Å². The first-order valence-electron chi connectivity index (χ1n) is 6.34. The molecule has 92 valence electrons. The van der Waals surface area contributed by atoms with Gasteiger partial charge in [-0.25, -0.2) is 0 Å². The molecule has 0 heterocycles. The summed E-state index contributed by atoms with van der Waals surface area (Å²) in [6.45, 7) is 2.08. The predicted molar refractivity (Wildman–Crippen MR) is 68.4 cm³/mol. The highest BCUT2D eigenvalue weighted by molar-refractivity contribution is 5.79. The molecule has 0 bridgehead atoms. The van der Waals surface area contributed by atoms with Gasteiger partial charge in [0.15, 0.2) is 0 Å². The summed E-state index contributed by atoms with van der Waals surface area (Å²) < 4.78 is 5.26. The van der Waals surface area contributed by atoms with E-state index in [4.69, 9.17) is 4.74 Å². The van der Waals surface area contributed by atoms with E-state index in [2.05, 4.69) is 19.1 Å². The molecule has 1 aromatic carbocycles. The van der Waals surface area contributed by atoms with Crippen LogP contribution in [0.4, 0.5) is 0 Å². The first-order valence-corrected chi connectivity index (χ1v) is 6.34. The van der Waals surface area contributed by atoms with E-state index >= 15 is 0 Å². The van der Waals surface area contributed by atoms with Crippen LogP contribution in [-0.2, 0) is 11.2 Å². The quantitative estimate of drug-likeness (QED) is 0.799. The topological polar surface area (TPSA) is 26.3 Å². The van der Waals surface area contributed by atoms with Crippen molar-refractivity contribution < 1.29 is 9.53 Å². The lowest BCUT2D eigenvalue weighted by atomic mass is 9.84. The number of ether oxygens (including phenoxy) is 1. The van der Waals surface area contributed by atoms with Gasteiger partial charge in [0, 0.05) is 12.8 Å². The van der Waals surface area contributed by atoms with Crippen LogP contribution in [0.25, 0.3) is 0 Å². The lowest BCUT2D eigenvalue weighted by Gasteiger charge is -2.21. The van der Waals surface area contributed by atoms with Gasteiger partial charge in [-0.3, -0.25) is 4.79 Å². The SMILES string of the molecule is COc1ccc(CC2CCC(=O)CC2)cc1C. The van der Waals surface area contributed by atoms with E-state index in [0.29, 0.717) is 11.7 Å². The van der Waals surface area contributed by atoms with Crippen molar-refractivity contribution in [2.24, 2.45) is 5.92 Å². The fraction of sp³-hybridized carbons (Fsp3) is 0.533. The number of Topliss-reactive ketones (excluding diaryl/α,β-unsaturated/α-hetero) is 1. The molecular formula is C15H20O2. The summed E-state index contributed by atoms with van der Waals surface area (Å²) in [7, 11) is 1.70. The smallest absolute Gasteiger partial charge is 0.132 e. The molecule has 0 unspecified atom stereocenters. The molecule has 0 aromatic heterocycles. The zero-order valence-corrected chi connectivity index (χ0v) is 10.7. The molecule has 0 radical (unpaired) electrons. The second kappa shape index (κ2) is 5.35. The molecule has 0 amide bonds. The minimum absolute atomic E-state index is 0.437. The Morgan fingerprint density at radius 1 is 1.29 bits per heavy atom. The van der Waals surface area contributed by atoms with Crippen molar-refractivity contribution in [3.8, 4) is 5.75 Å². The third-order valence-corrected chi connectivity index (χ3v) is 3.65. The average Bonchev–Trinajstić information content (AvgIpc) is 2.32. The minimum Gasteiger partial charge on any atom is -0.496 e.